The molecule has 110 valence electrons. The van der Waals surface area contributed by atoms with Gasteiger partial charge in [-0.25, -0.2) is 0 Å². The molecule has 0 aromatic heterocycles. The van der Waals surface area contributed by atoms with Gasteiger partial charge in [-0.3, -0.25) is 4.79 Å². The summed E-state index contributed by atoms with van der Waals surface area (Å²) in [5, 5.41) is 6.54. The molecule has 0 saturated heterocycles. The van der Waals surface area contributed by atoms with E-state index in [-0.39, 0.29) is 5.91 Å². The standard InChI is InChI=1S/C17H26N2O/c1-13-7-6-8-14(2)17(13)19-16(20)11-12-18-15-9-4-3-5-10-15/h6-8,15,18H,3-5,9-12H2,1-2H3,(H,19,20). The first-order valence-corrected chi connectivity index (χ1v) is 7.76. The van der Waals surface area contributed by atoms with E-state index in [1.807, 2.05) is 32.0 Å². The zero-order chi connectivity index (χ0) is 14.4. The van der Waals surface area contributed by atoms with Gasteiger partial charge in [0.2, 0.25) is 5.91 Å². The van der Waals surface area contributed by atoms with Crippen LogP contribution in [0.25, 0.3) is 0 Å². The van der Waals surface area contributed by atoms with Crippen LogP contribution >= 0.6 is 0 Å². The van der Waals surface area contributed by atoms with Crippen LogP contribution in [-0.2, 0) is 4.79 Å². The third kappa shape index (κ3) is 4.34. The number of anilines is 1. The number of carbonyl (C=O) groups is 1. The van der Waals surface area contributed by atoms with E-state index in [4.69, 9.17) is 0 Å². The van der Waals surface area contributed by atoms with Gasteiger partial charge in [-0.2, -0.15) is 0 Å². The van der Waals surface area contributed by atoms with Gasteiger partial charge in [0.1, 0.15) is 0 Å². The third-order valence-electron chi connectivity index (χ3n) is 4.14. The van der Waals surface area contributed by atoms with Crippen LogP contribution in [0, 0.1) is 13.8 Å². The Kier molecular flexibility index (Phi) is 5.60. The monoisotopic (exact) mass is 274 g/mol. The highest BCUT2D eigenvalue weighted by atomic mass is 16.1. The van der Waals surface area contributed by atoms with Crippen LogP contribution in [0.3, 0.4) is 0 Å². The maximum Gasteiger partial charge on any atom is 0.225 e. The molecule has 1 saturated carbocycles. The minimum atomic E-state index is 0.103. The first-order valence-electron chi connectivity index (χ1n) is 7.76. The summed E-state index contributed by atoms with van der Waals surface area (Å²) < 4.78 is 0. The number of aryl methyl sites for hydroxylation is 2. The van der Waals surface area contributed by atoms with E-state index in [2.05, 4.69) is 10.6 Å². The predicted octanol–water partition coefficient (Wildman–Crippen LogP) is 3.55. The minimum Gasteiger partial charge on any atom is -0.326 e. The highest BCUT2D eigenvalue weighted by molar-refractivity contribution is 5.92. The van der Waals surface area contributed by atoms with E-state index in [0.29, 0.717) is 12.5 Å². The molecule has 0 heterocycles. The lowest BCUT2D eigenvalue weighted by atomic mass is 9.95. The van der Waals surface area contributed by atoms with E-state index in [1.54, 1.807) is 0 Å². The Balaban J connectivity index is 1.75. The highest BCUT2D eigenvalue weighted by Gasteiger charge is 2.13. The third-order valence-corrected chi connectivity index (χ3v) is 4.14. The fourth-order valence-corrected chi connectivity index (χ4v) is 2.91. The van der Waals surface area contributed by atoms with Crippen LogP contribution in [0.2, 0.25) is 0 Å². The number of nitrogens with one attached hydrogen (secondary N) is 2. The topological polar surface area (TPSA) is 41.1 Å². The smallest absolute Gasteiger partial charge is 0.225 e. The normalized spacial score (nSPS) is 16.1. The molecule has 1 aliphatic carbocycles. The van der Waals surface area contributed by atoms with Crippen molar-refractivity contribution in [2.75, 3.05) is 11.9 Å². The summed E-state index contributed by atoms with van der Waals surface area (Å²) in [6.07, 6.45) is 7.09. The van der Waals surface area contributed by atoms with Crippen LogP contribution < -0.4 is 10.6 Å². The van der Waals surface area contributed by atoms with E-state index in [0.717, 1.165) is 23.4 Å². The fraction of sp³-hybridized carbons (Fsp3) is 0.588. The van der Waals surface area contributed by atoms with E-state index >= 15 is 0 Å². The molecule has 0 aliphatic heterocycles. The Morgan fingerprint density at radius 1 is 1.15 bits per heavy atom. The van der Waals surface area contributed by atoms with E-state index in [9.17, 15) is 4.79 Å². The number of benzene rings is 1. The molecule has 3 heteroatoms. The fourth-order valence-electron chi connectivity index (χ4n) is 2.91. The molecule has 1 amide bonds. The van der Waals surface area contributed by atoms with E-state index in [1.165, 1.54) is 32.1 Å². The molecule has 1 fully saturated rings. The molecule has 2 N–H and O–H groups in total. The second-order valence-corrected chi connectivity index (χ2v) is 5.85. The first kappa shape index (κ1) is 15.0. The number of rotatable bonds is 5. The van der Waals surface area contributed by atoms with Crippen LogP contribution in [0.15, 0.2) is 18.2 Å². The Bertz CT molecular complexity index is 430. The van der Waals surface area contributed by atoms with Gasteiger partial charge in [0, 0.05) is 24.7 Å². The van der Waals surface area contributed by atoms with Gasteiger partial charge in [0.05, 0.1) is 0 Å². The van der Waals surface area contributed by atoms with Crippen LogP contribution in [0.5, 0.6) is 0 Å². The highest BCUT2D eigenvalue weighted by Crippen LogP contribution is 2.20. The summed E-state index contributed by atoms with van der Waals surface area (Å²) in [7, 11) is 0. The number of hydrogen-bond donors (Lipinski definition) is 2. The van der Waals surface area contributed by atoms with Crippen molar-refractivity contribution in [2.45, 2.75) is 58.4 Å². The molecule has 0 radical (unpaired) electrons. The molecule has 1 aromatic rings. The maximum atomic E-state index is 12.0. The zero-order valence-corrected chi connectivity index (χ0v) is 12.7. The first-order chi connectivity index (χ1) is 9.66. The number of hydrogen-bond acceptors (Lipinski definition) is 2. The van der Waals surface area contributed by atoms with Gasteiger partial charge < -0.3 is 10.6 Å². The molecule has 0 bridgehead atoms. The molecule has 0 unspecified atom stereocenters. The van der Waals surface area contributed by atoms with Gasteiger partial charge in [0.15, 0.2) is 0 Å². The molecule has 1 aromatic carbocycles. The molecular formula is C17H26N2O. The zero-order valence-electron chi connectivity index (χ0n) is 12.7. The van der Waals surface area contributed by atoms with Crippen molar-refractivity contribution >= 4 is 11.6 Å². The van der Waals surface area contributed by atoms with Crippen molar-refractivity contribution in [2.24, 2.45) is 0 Å². The minimum absolute atomic E-state index is 0.103. The second kappa shape index (κ2) is 7.44. The van der Waals surface area contributed by atoms with Crippen molar-refractivity contribution in [1.29, 1.82) is 0 Å². The van der Waals surface area contributed by atoms with Crippen LogP contribution in [0.1, 0.15) is 49.7 Å². The van der Waals surface area contributed by atoms with Gasteiger partial charge in [0.25, 0.3) is 0 Å². The second-order valence-electron chi connectivity index (χ2n) is 5.85. The molecule has 0 atom stereocenters. The van der Waals surface area contributed by atoms with Crippen molar-refractivity contribution in [3.8, 4) is 0 Å². The van der Waals surface area contributed by atoms with Gasteiger partial charge in [-0.05, 0) is 37.8 Å². The average Bonchev–Trinajstić information content (AvgIpc) is 2.44. The molecular weight excluding hydrogens is 248 g/mol. The molecule has 1 aliphatic rings. The SMILES string of the molecule is Cc1cccc(C)c1NC(=O)CCNC1CCCCC1. The predicted molar refractivity (Wildman–Crippen MR) is 84.0 cm³/mol. The maximum absolute atomic E-state index is 12.0. The van der Waals surface area contributed by atoms with E-state index < -0.39 is 0 Å². The number of carbonyl (C=O) groups excluding carboxylic acids is 1. The van der Waals surface area contributed by atoms with Crippen molar-refractivity contribution in [1.82, 2.24) is 5.32 Å². The number of para-hydroxylation sites is 1. The van der Waals surface area contributed by atoms with Crippen molar-refractivity contribution in [3.05, 3.63) is 29.3 Å². The average molecular weight is 274 g/mol. The van der Waals surface area contributed by atoms with Gasteiger partial charge >= 0.3 is 0 Å². The van der Waals surface area contributed by atoms with Gasteiger partial charge in [-0.1, -0.05) is 37.5 Å². The van der Waals surface area contributed by atoms with Crippen LogP contribution in [-0.4, -0.2) is 18.5 Å². The lowest BCUT2D eigenvalue weighted by molar-refractivity contribution is -0.116. The molecule has 0 spiro atoms. The lowest BCUT2D eigenvalue weighted by Crippen LogP contribution is -2.33. The molecule has 2 rings (SSSR count). The Labute approximate surface area is 122 Å². The summed E-state index contributed by atoms with van der Waals surface area (Å²) in [5.74, 6) is 0.103. The largest absolute Gasteiger partial charge is 0.326 e. The van der Waals surface area contributed by atoms with Crippen LogP contribution in [0.4, 0.5) is 5.69 Å². The molecule has 3 nitrogen and oxygen atoms in total. The summed E-state index contributed by atoms with van der Waals surface area (Å²) in [6.45, 7) is 4.84. The Morgan fingerprint density at radius 2 is 1.80 bits per heavy atom. The summed E-state index contributed by atoms with van der Waals surface area (Å²) in [5.41, 5.74) is 3.22. The summed E-state index contributed by atoms with van der Waals surface area (Å²) in [6, 6.07) is 6.70. The quantitative estimate of drug-likeness (QED) is 0.862. The van der Waals surface area contributed by atoms with Crippen molar-refractivity contribution in [3.63, 3.8) is 0 Å². The summed E-state index contributed by atoms with van der Waals surface area (Å²) >= 11 is 0. The lowest BCUT2D eigenvalue weighted by Gasteiger charge is -2.22. The number of amides is 1. The van der Waals surface area contributed by atoms with Gasteiger partial charge in [-0.15, -0.1) is 0 Å². The summed E-state index contributed by atoms with van der Waals surface area (Å²) in [4.78, 5) is 12.0. The Morgan fingerprint density at radius 3 is 2.45 bits per heavy atom. The Hall–Kier alpha value is -1.35. The molecule has 20 heavy (non-hydrogen) atoms. The van der Waals surface area contributed by atoms with Crippen molar-refractivity contribution < 1.29 is 4.79 Å².